The molecule has 14 heavy (non-hydrogen) atoms. The normalized spacial score (nSPS) is 11.1. The summed E-state index contributed by atoms with van der Waals surface area (Å²) in [5, 5.41) is 8.78. The molecule has 0 saturated heterocycles. The van der Waals surface area contributed by atoms with Gasteiger partial charge in [0.2, 0.25) is 0 Å². The highest BCUT2D eigenvalue weighted by atomic mass is 19.1. The van der Waals surface area contributed by atoms with Crippen LogP contribution in [0.25, 0.3) is 5.57 Å². The summed E-state index contributed by atoms with van der Waals surface area (Å²) in [5.74, 6) is -1.36. The molecule has 0 unspecified atom stereocenters. The van der Waals surface area contributed by atoms with Gasteiger partial charge in [-0.15, -0.1) is 0 Å². The number of aliphatic hydroxyl groups is 1. The van der Waals surface area contributed by atoms with E-state index in [0.29, 0.717) is 6.26 Å². The largest absolute Gasteiger partial charge is 0.515 e. The Bertz CT molecular complexity index is 371. The van der Waals surface area contributed by atoms with E-state index in [1.165, 1.54) is 18.2 Å². The number of ether oxygens (including phenoxy) is 1. The van der Waals surface area contributed by atoms with E-state index >= 15 is 0 Å². The third-order valence-corrected chi connectivity index (χ3v) is 1.70. The van der Waals surface area contributed by atoms with Gasteiger partial charge in [-0.25, -0.2) is 9.18 Å². The van der Waals surface area contributed by atoms with Crippen molar-refractivity contribution in [2.45, 2.75) is 0 Å². The molecule has 1 N–H and O–H groups in total. The topological polar surface area (TPSA) is 46.5 Å². The Morgan fingerprint density at radius 3 is 2.64 bits per heavy atom. The van der Waals surface area contributed by atoms with E-state index in [4.69, 9.17) is 5.11 Å². The van der Waals surface area contributed by atoms with Gasteiger partial charge in [0.05, 0.1) is 13.4 Å². The lowest BCUT2D eigenvalue weighted by atomic mass is 10.1. The fraction of sp³-hybridized carbons (Fsp3) is 0.100. The molecule has 0 bridgehead atoms. The zero-order valence-electron chi connectivity index (χ0n) is 7.53. The summed E-state index contributed by atoms with van der Waals surface area (Å²) in [4.78, 5) is 11.1. The molecule has 0 aromatic heterocycles. The van der Waals surface area contributed by atoms with E-state index in [-0.39, 0.29) is 11.1 Å². The molecule has 0 fully saturated rings. The molecule has 0 heterocycles. The predicted molar refractivity (Wildman–Crippen MR) is 49.0 cm³/mol. The SMILES string of the molecule is COC(=O)/C(=C\O)c1ccccc1F. The Hall–Kier alpha value is -1.84. The molecule has 0 aliphatic carbocycles. The van der Waals surface area contributed by atoms with Gasteiger partial charge in [0.15, 0.2) is 0 Å². The summed E-state index contributed by atoms with van der Waals surface area (Å²) in [6.45, 7) is 0. The van der Waals surface area contributed by atoms with E-state index in [9.17, 15) is 9.18 Å². The van der Waals surface area contributed by atoms with Crippen LogP contribution in [0, 0.1) is 5.82 Å². The zero-order chi connectivity index (χ0) is 10.6. The summed E-state index contributed by atoms with van der Waals surface area (Å²) in [6.07, 6.45) is 0.532. The van der Waals surface area contributed by atoms with Crippen molar-refractivity contribution >= 4 is 11.5 Å². The van der Waals surface area contributed by atoms with E-state index in [1.807, 2.05) is 0 Å². The molecule has 0 atom stereocenters. The lowest BCUT2D eigenvalue weighted by molar-refractivity contribution is -0.133. The number of carbonyl (C=O) groups is 1. The molecule has 1 aromatic rings. The van der Waals surface area contributed by atoms with Crippen LogP contribution in [0.2, 0.25) is 0 Å². The van der Waals surface area contributed by atoms with E-state index in [1.54, 1.807) is 6.07 Å². The molecule has 0 spiro atoms. The zero-order valence-corrected chi connectivity index (χ0v) is 7.53. The van der Waals surface area contributed by atoms with Crippen molar-refractivity contribution in [3.8, 4) is 0 Å². The number of esters is 1. The molecule has 0 saturated carbocycles. The first-order valence-corrected chi connectivity index (χ1v) is 3.88. The highest BCUT2D eigenvalue weighted by molar-refractivity contribution is 6.16. The standard InChI is InChI=1S/C10H9FO3/c1-14-10(13)8(6-12)7-4-2-3-5-9(7)11/h2-6,12H,1H3/b8-6-. The fourth-order valence-corrected chi connectivity index (χ4v) is 1.02. The Labute approximate surface area is 80.4 Å². The number of rotatable bonds is 2. The second-order valence-electron chi connectivity index (χ2n) is 2.51. The number of halogens is 1. The third kappa shape index (κ3) is 1.90. The Kier molecular flexibility index (Phi) is 3.23. The summed E-state index contributed by atoms with van der Waals surface area (Å²) in [7, 11) is 1.16. The van der Waals surface area contributed by atoms with E-state index in [2.05, 4.69) is 4.74 Å². The molecule has 1 rings (SSSR count). The van der Waals surface area contributed by atoms with Gasteiger partial charge in [-0.2, -0.15) is 0 Å². The minimum Gasteiger partial charge on any atom is -0.515 e. The molecule has 0 aliphatic rings. The monoisotopic (exact) mass is 196 g/mol. The number of hydrogen-bond donors (Lipinski definition) is 1. The third-order valence-electron chi connectivity index (χ3n) is 1.70. The molecule has 74 valence electrons. The van der Waals surface area contributed by atoms with Crippen molar-refractivity contribution in [3.63, 3.8) is 0 Å². The highest BCUT2D eigenvalue weighted by Gasteiger charge is 2.15. The second kappa shape index (κ2) is 4.41. The van der Waals surface area contributed by atoms with Crippen molar-refractivity contribution in [2.75, 3.05) is 7.11 Å². The lowest BCUT2D eigenvalue weighted by Gasteiger charge is -2.04. The summed E-state index contributed by atoms with van der Waals surface area (Å²) in [5.41, 5.74) is -0.188. The highest BCUT2D eigenvalue weighted by Crippen LogP contribution is 2.18. The number of methoxy groups -OCH3 is 1. The van der Waals surface area contributed by atoms with Gasteiger partial charge in [-0.05, 0) is 6.07 Å². The quantitative estimate of drug-likeness (QED) is 0.446. The smallest absolute Gasteiger partial charge is 0.341 e. The van der Waals surface area contributed by atoms with Gasteiger partial charge >= 0.3 is 5.97 Å². The van der Waals surface area contributed by atoms with Crippen LogP contribution in [0.4, 0.5) is 4.39 Å². The molecular formula is C10H9FO3. The average molecular weight is 196 g/mol. The summed E-state index contributed by atoms with van der Waals surface area (Å²) >= 11 is 0. The average Bonchev–Trinajstić information content (AvgIpc) is 2.21. The van der Waals surface area contributed by atoms with Gasteiger partial charge in [0.25, 0.3) is 0 Å². The molecule has 4 heteroatoms. The number of carbonyl (C=O) groups excluding carboxylic acids is 1. The molecule has 1 aromatic carbocycles. The summed E-state index contributed by atoms with van der Waals surface area (Å²) in [6, 6.07) is 5.63. The van der Waals surface area contributed by atoms with Crippen LogP contribution in [-0.2, 0) is 9.53 Å². The van der Waals surface area contributed by atoms with E-state index in [0.717, 1.165) is 7.11 Å². The van der Waals surface area contributed by atoms with Gasteiger partial charge < -0.3 is 9.84 Å². The first-order valence-electron chi connectivity index (χ1n) is 3.88. The number of hydrogen-bond acceptors (Lipinski definition) is 3. The van der Waals surface area contributed by atoms with Crippen LogP contribution in [0.15, 0.2) is 30.5 Å². The van der Waals surface area contributed by atoms with Crippen LogP contribution in [0.1, 0.15) is 5.56 Å². The number of benzene rings is 1. The van der Waals surface area contributed by atoms with Crippen molar-refractivity contribution in [1.82, 2.24) is 0 Å². The van der Waals surface area contributed by atoms with Crippen LogP contribution in [-0.4, -0.2) is 18.2 Å². The molecule has 3 nitrogen and oxygen atoms in total. The van der Waals surface area contributed by atoms with Crippen molar-refractivity contribution in [2.24, 2.45) is 0 Å². The van der Waals surface area contributed by atoms with Gasteiger partial charge in [-0.1, -0.05) is 18.2 Å². The van der Waals surface area contributed by atoms with Gasteiger partial charge in [0, 0.05) is 5.56 Å². The van der Waals surface area contributed by atoms with E-state index < -0.39 is 11.8 Å². The maximum atomic E-state index is 13.2. The minimum atomic E-state index is -0.780. The minimum absolute atomic E-state index is 0.0156. The lowest BCUT2D eigenvalue weighted by Crippen LogP contribution is -2.05. The first kappa shape index (κ1) is 10.2. The second-order valence-corrected chi connectivity index (χ2v) is 2.51. The molecule has 0 aliphatic heterocycles. The maximum Gasteiger partial charge on any atom is 0.341 e. The Morgan fingerprint density at radius 2 is 2.14 bits per heavy atom. The van der Waals surface area contributed by atoms with Crippen LogP contribution >= 0.6 is 0 Å². The van der Waals surface area contributed by atoms with Crippen LogP contribution < -0.4 is 0 Å². The Balaban J connectivity index is 3.15. The fourth-order valence-electron chi connectivity index (χ4n) is 1.02. The van der Waals surface area contributed by atoms with Crippen LogP contribution in [0.5, 0.6) is 0 Å². The summed E-state index contributed by atoms with van der Waals surface area (Å²) < 4.78 is 17.5. The van der Waals surface area contributed by atoms with Crippen molar-refractivity contribution in [1.29, 1.82) is 0 Å². The molecule has 0 amide bonds. The van der Waals surface area contributed by atoms with Crippen molar-refractivity contribution < 1.29 is 19.0 Å². The van der Waals surface area contributed by atoms with Crippen LogP contribution in [0.3, 0.4) is 0 Å². The van der Waals surface area contributed by atoms with Crippen molar-refractivity contribution in [3.05, 3.63) is 41.9 Å². The Morgan fingerprint density at radius 1 is 1.50 bits per heavy atom. The van der Waals surface area contributed by atoms with Gasteiger partial charge in [0.1, 0.15) is 11.4 Å². The predicted octanol–water partition coefficient (Wildman–Crippen LogP) is 1.90. The maximum absolute atomic E-state index is 13.2. The van der Waals surface area contributed by atoms with Gasteiger partial charge in [-0.3, -0.25) is 0 Å². The number of aliphatic hydroxyl groups excluding tert-OH is 1. The first-order chi connectivity index (χ1) is 6.70. The molecule has 0 radical (unpaired) electrons. The molecular weight excluding hydrogens is 187 g/mol.